The molecule has 0 spiro atoms. The van der Waals surface area contributed by atoms with Crippen molar-refractivity contribution in [1.82, 2.24) is 0 Å². The highest BCUT2D eigenvalue weighted by Gasteiger charge is 2.13. The van der Waals surface area contributed by atoms with Crippen LogP contribution in [0.4, 0.5) is 0 Å². The van der Waals surface area contributed by atoms with Gasteiger partial charge in [0.25, 0.3) is 0 Å². The van der Waals surface area contributed by atoms with Crippen LogP contribution in [0.1, 0.15) is 41.3 Å². The summed E-state index contributed by atoms with van der Waals surface area (Å²) in [5, 5.41) is 9.30. The molecule has 2 aromatic carbocycles. The smallest absolute Gasteiger partial charge is 0.193 e. The van der Waals surface area contributed by atoms with Crippen LogP contribution in [0.25, 0.3) is 5.57 Å². The standard InChI is InChI=1S/C21H18O3/c1-14(22)15-2-4-16(5-3-15)17-6-8-18(9-7-17)21(24)19-10-12-20(23)13-11-19/h2,4,6-13,23H,3,5H2,1H3. The van der Waals surface area contributed by atoms with Crippen LogP contribution in [0.5, 0.6) is 5.75 Å². The number of Topliss-reactive ketones (excluding diaryl/α,β-unsaturated/α-hetero) is 1. The number of carbonyl (C=O) groups excluding carboxylic acids is 2. The van der Waals surface area contributed by atoms with Gasteiger partial charge < -0.3 is 5.11 Å². The van der Waals surface area contributed by atoms with Gasteiger partial charge in [0.05, 0.1) is 0 Å². The minimum atomic E-state index is -0.0714. The van der Waals surface area contributed by atoms with Crippen molar-refractivity contribution in [3.8, 4) is 5.75 Å². The highest BCUT2D eigenvalue weighted by molar-refractivity contribution is 6.09. The Morgan fingerprint density at radius 3 is 1.92 bits per heavy atom. The fourth-order valence-corrected chi connectivity index (χ4v) is 2.79. The number of hydrogen-bond donors (Lipinski definition) is 1. The molecule has 0 bridgehead atoms. The van der Waals surface area contributed by atoms with Crippen LogP contribution in [-0.2, 0) is 4.79 Å². The lowest BCUT2D eigenvalue weighted by atomic mass is 9.91. The van der Waals surface area contributed by atoms with Gasteiger partial charge in [-0.1, -0.05) is 36.4 Å². The van der Waals surface area contributed by atoms with Gasteiger partial charge in [-0.15, -0.1) is 0 Å². The SMILES string of the molecule is CC(=O)C1=CC=C(c2ccc(C(=O)c3ccc(O)cc3)cc2)CC1. The summed E-state index contributed by atoms with van der Waals surface area (Å²) in [6.07, 6.45) is 5.46. The zero-order valence-corrected chi connectivity index (χ0v) is 13.5. The molecule has 1 aliphatic rings. The zero-order valence-electron chi connectivity index (χ0n) is 13.5. The molecule has 1 N–H and O–H groups in total. The molecule has 0 heterocycles. The van der Waals surface area contributed by atoms with Crippen LogP contribution in [0.15, 0.2) is 66.3 Å². The van der Waals surface area contributed by atoms with Crippen LogP contribution < -0.4 is 0 Å². The van der Waals surface area contributed by atoms with Gasteiger partial charge in [-0.2, -0.15) is 0 Å². The van der Waals surface area contributed by atoms with E-state index in [0.29, 0.717) is 11.1 Å². The molecule has 0 saturated heterocycles. The van der Waals surface area contributed by atoms with E-state index in [4.69, 9.17) is 0 Å². The summed E-state index contributed by atoms with van der Waals surface area (Å²) >= 11 is 0. The number of hydrogen-bond acceptors (Lipinski definition) is 3. The molecule has 3 heteroatoms. The van der Waals surface area contributed by atoms with Gasteiger partial charge in [0.2, 0.25) is 0 Å². The molecule has 2 aromatic rings. The van der Waals surface area contributed by atoms with Crippen molar-refractivity contribution < 1.29 is 14.7 Å². The van der Waals surface area contributed by atoms with Crippen molar-refractivity contribution in [2.24, 2.45) is 0 Å². The Hall–Kier alpha value is -2.94. The second-order valence-electron chi connectivity index (χ2n) is 5.89. The zero-order chi connectivity index (χ0) is 17.1. The number of aromatic hydroxyl groups is 1. The van der Waals surface area contributed by atoms with E-state index in [0.717, 1.165) is 24.0 Å². The van der Waals surface area contributed by atoms with Gasteiger partial charge in [0.1, 0.15) is 5.75 Å². The molecule has 1 aliphatic carbocycles. The van der Waals surface area contributed by atoms with Gasteiger partial charge in [0.15, 0.2) is 11.6 Å². The molecule has 0 aromatic heterocycles. The Kier molecular flexibility index (Phi) is 4.43. The van der Waals surface area contributed by atoms with E-state index in [1.807, 2.05) is 36.4 Å². The molecule has 0 fully saturated rings. The van der Waals surface area contributed by atoms with Crippen LogP contribution >= 0.6 is 0 Å². The maximum Gasteiger partial charge on any atom is 0.193 e. The monoisotopic (exact) mass is 318 g/mol. The second-order valence-corrected chi connectivity index (χ2v) is 5.89. The lowest BCUT2D eigenvalue weighted by Gasteiger charge is -2.13. The molecule has 0 unspecified atom stereocenters. The Bertz CT molecular complexity index is 838. The maximum atomic E-state index is 12.4. The van der Waals surface area contributed by atoms with Crippen molar-refractivity contribution >= 4 is 17.1 Å². The number of ketones is 2. The van der Waals surface area contributed by atoms with E-state index >= 15 is 0 Å². The minimum Gasteiger partial charge on any atom is -0.508 e. The first-order valence-electron chi connectivity index (χ1n) is 7.89. The number of rotatable bonds is 4. The first kappa shape index (κ1) is 15.9. The van der Waals surface area contributed by atoms with Crippen molar-refractivity contribution in [1.29, 1.82) is 0 Å². The summed E-state index contributed by atoms with van der Waals surface area (Å²) in [5.74, 6) is 0.196. The lowest BCUT2D eigenvalue weighted by molar-refractivity contribution is -0.113. The normalized spacial score (nSPS) is 13.9. The van der Waals surface area contributed by atoms with E-state index in [-0.39, 0.29) is 17.3 Å². The molecule has 0 amide bonds. The molecule has 24 heavy (non-hydrogen) atoms. The molecular weight excluding hydrogens is 300 g/mol. The van der Waals surface area contributed by atoms with Gasteiger partial charge in [-0.3, -0.25) is 9.59 Å². The van der Waals surface area contributed by atoms with E-state index in [9.17, 15) is 14.7 Å². The number of carbonyl (C=O) groups is 2. The number of allylic oxidation sites excluding steroid dienone is 4. The average Bonchev–Trinajstić information content (AvgIpc) is 2.62. The summed E-state index contributed by atoms with van der Waals surface area (Å²) in [4.78, 5) is 23.8. The summed E-state index contributed by atoms with van der Waals surface area (Å²) in [5.41, 5.74) is 4.25. The quantitative estimate of drug-likeness (QED) is 0.854. The predicted octanol–water partition coefficient (Wildman–Crippen LogP) is 4.32. The largest absolute Gasteiger partial charge is 0.508 e. The van der Waals surface area contributed by atoms with Gasteiger partial charge in [0, 0.05) is 11.1 Å². The third kappa shape index (κ3) is 3.35. The molecule has 0 radical (unpaired) electrons. The molecule has 0 saturated carbocycles. The molecule has 3 rings (SSSR count). The van der Waals surface area contributed by atoms with E-state index in [2.05, 4.69) is 0 Å². The van der Waals surface area contributed by atoms with Gasteiger partial charge in [-0.05, 0) is 60.7 Å². The van der Waals surface area contributed by atoms with E-state index < -0.39 is 0 Å². The highest BCUT2D eigenvalue weighted by atomic mass is 16.3. The van der Waals surface area contributed by atoms with Gasteiger partial charge >= 0.3 is 0 Å². The topological polar surface area (TPSA) is 54.4 Å². The Morgan fingerprint density at radius 1 is 0.833 bits per heavy atom. The minimum absolute atomic E-state index is 0.0714. The van der Waals surface area contributed by atoms with E-state index in [1.54, 1.807) is 19.1 Å². The summed E-state index contributed by atoms with van der Waals surface area (Å²) in [7, 11) is 0. The number of phenolic OH excluding ortho intramolecular Hbond substituents is 1. The third-order valence-electron chi connectivity index (χ3n) is 4.25. The van der Waals surface area contributed by atoms with Crippen LogP contribution in [0, 0.1) is 0 Å². The Balaban J connectivity index is 1.80. The Morgan fingerprint density at radius 2 is 1.42 bits per heavy atom. The van der Waals surface area contributed by atoms with Crippen LogP contribution in [0.3, 0.4) is 0 Å². The van der Waals surface area contributed by atoms with Crippen LogP contribution in [0.2, 0.25) is 0 Å². The summed E-state index contributed by atoms with van der Waals surface area (Å²) in [6.45, 7) is 1.59. The van der Waals surface area contributed by atoms with E-state index in [1.165, 1.54) is 17.7 Å². The fourth-order valence-electron chi connectivity index (χ4n) is 2.79. The van der Waals surface area contributed by atoms with Gasteiger partial charge in [-0.25, -0.2) is 0 Å². The average molecular weight is 318 g/mol. The number of phenols is 1. The molecule has 120 valence electrons. The molecule has 0 atom stereocenters. The van der Waals surface area contributed by atoms with Crippen molar-refractivity contribution in [3.05, 3.63) is 82.9 Å². The summed E-state index contributed by atoms with van der Waals surface area (Å²) in [6, 6.07) is 13.7. The van der Waals surface area contributed by atoms with Crippen LogP contribution in [-0.4, -0.2) is 16.7 Å². The van der Waals surface area contributed by atoms with Crippen molar-refractivity contribution in [2.45, 2.75) is 19.8 Å². The Labute approximate surface area is 141 Å². The summed E-state index contributed by atoms with van der Waals surface area (Å²) < 4.78 is 0. The molecule has 0 aliphatic heterocycles. The highest BCUT2D eigenvalue weighted by Crippen LogP contribution is 2.27. The lowest BCUT2D eigenvalue weighted by Crippen LogP contribution is -2.02. The first-order valence-corrected chi connectivity index (χ1v) is 7.89. The maximum absolute atomic E-state index is 12.4. The second kappa shape index (κ2) is 6.67. The third-order valence-corrected chi connectivity index (χ3v) is 4.25. The first-order chi connectivity index (χ1) is 11.5. The number of benzene rings is 2. The molecular formula is C21H18O3. The van der Waals surface area contributed by atoms with Crippen molar-refractivity contribution in [3.63, 3.8) is 0 Å². The predicted molar refractivity (Wildman–Crippen MR) is 94.0 cm³/mol. The fraction of sp³-hybridized carbons (Fsp3) is 0.143. The molecule has 3 nitrogen and oxygen atoms in total. The van der Waals surface area contributed by atoms with Crippen molar-refractivity contribution in [2.75, 3.05) is 0 Å².